The van der Waals surface area contributed by atoms with Gasteiger partial charge in [0.05, 0.1) is 12.3 Å². The largest absolute Gasteiger partial charge is 0.390 e. The highest BCUT2D eigenvalue weighted by Crippen LogP contribution is 2.21. The summed E-state index contributed by atoms with van der Waals surface area (Å²) in [6.07, 6.45) is 1.31. The first-order valence-electron chi connectivity index (χ1n) is 8.31. The van der Waals surface area contributed by atoms with Crippen molar-refractivity contribution in [3.05, 3.63) is 83.7 Å². The minimum atomic E-state index is -0.725. The third kappa shape index (κ3) is 4.36. The molecular weight excluding hydrogens is 357 g/mol. The Kier molecular flexibility index (Phi) is 5.59. The van der Waals surface area contributed by atoms with Crippen LogP contribution in [-0.4, -0.2) is 35.7 Å². The zero-order chi connectivity index (χ0) is 19.4. The maximum Gasteiger partial charge on any atom is 0.254 e. The average Bonchev–Trinajstić information content (AvgIpc) is 3.09. The molecule has 3 rings (SSSR count). The van der Waals surface area contributed by atoms with Crippen molar-refractivity contribution in [1.29, 1.82) is 0 Å². The molecular formula is C20H17F3N2O2. The molecule has 1 atom stereocenters. The van der Waals surface area contributed by atoms with Gasteiger partial charge in [-0.2, -0.15) is 0 Å². The molecule has 4 nitrogen and oxygen atoms in total. The first kappa shape index (κ1) is 18.7. The normalized spacial score (nSPS) is 15.8. The van der Waals surface area contributed by atoms with E-state index in [0.717, 1.165) is 18.2 Å². The molecule has 1 heterocycles. The fourth-order valence-electron chi connectivity index (χ4n) is 2.85. The monoisotopic (exact) mass is 374 g/mol. The SMILES string of the molecule is C=CCN(C[C@H]1CC(c2ccc(F)cc2F)=NO1)C(=O)c1cccc(F)c1. The van der Waals surface area contributed by atoms with Gasteiger partial charge >= 0.3 is 0 Å². The highest BCUT2D eigenvalue weighted by Gasteiger charge is 2.28. The van der Waals surface area contributed by atoms with Crippen molar-refractivity contribution < 1.29 is 22.8 Å². The van der Waals surface area contributed by atoms with E-state index in [4.69, 9.17) is 4.84 Å². The Morgan fingerprint density at radius 3 is 2.70 bits per heavy atom. The molecule has 1 aliphatic rings. The fourth-order valence-corrected chi connectivity index (χ4v) is 2.85. The van der Waals surface area contributed by atoms with E-state index in [1.165, 1.54) is 29.2 Å². The van der Waals surface area contributed by atoms with E-state index in [1.807, 2.05) is 0 Å². The van der Waals surface area contributed by atoms with E-state index in [1.54, 1.807) is 6.08 Å². The molecule has 0 radical (unpaired) electrons. The Hall–Kier alpha value is -3.09. The summed E-state index contributed by atoms with van der Waals surface area (Å²) < 4.78 is 40.4. The molecule has 140 valence electrons. The molecule has 0 spiro atoms. The van der Waals surface area contributed by atoms with Crippen LogP contribution in [0.1, 0.15) is 22.3 Å². The molecule has 7 heteroatoms. The van der Waals surface area contributed by atoms with Gasteiger partial charge in [-0.05, 0) is 30.3 Å². The zero-order valence-electron chi connectivity index (χ0n) is 14.4. The zero-order valence-corrected chi connectivity index (χ0v) is 14.4. The van der Waals surface area contributed by atoms with Crippen LogP contribution >= 0.6 is 0 Å². The van der Waals surface area contributed by atoms with Crippen molar-refractivity contribution in [2.75, 3.05) is 13.1 Å². The van der Waals surface area contributed by atoms with E-state index >= 15 is 0 Å². The summed E-state index contributed by atoms with van der Waals surface area (Å²) in [5.41, 5.74) is 0.709. The Morgan fingerprint density at radius 2 is 2.00 bits per heavy atom. The lowest BCUT2D eigenvalue weighted by atomic mass is 10.0. The number of oxime groups is 1. The van der Waals surface area contributed by atoms with Crippen LogP contribution in [0.25, 0.3) is 0 Å². The number of hydrogen-bond acceptors (Lipinski definition) is 3. The second-order valence-corrected chi connectivity index (χ2v) is 6.10. The van der Waals surface area contributed by atoms with Gasteiger partial charge in [0.25, 0.3) is 5.91 Å². The van der Waals surface area contributed by atoms with Gasteiger partial charge in [-0.15, -0.1) is 6.58 Å². The Labute approximate surface area is 154 Å². The summed E-state index contributed by atoms with van der Waals surface area (Å²) in [5, 5.41) is 3.87. The summed E-state index contributed by atoms with van der Waals surface area (Å²) >= 11 is 0. The number of carbonyl (C=O) groups is 1. The van der Waals surface area contributed by atoms with E-state index in [0.29, 0.717) is 5.71 Å². The number of halogens is 3. The lowest BCUT2D eigenvalue weighted by Crippen LogP contribution is -2.38. The van der Waals surface area contributed by atoms with Crippen LogP contribution in [0.15, 0.2) is 60.3 Å². The molecule has 2 aromatic rings. The predicted molar refractivity (Wildman–Crippen MR) is 94.9 cm³/mol. The molecule has 0 aromatic heterocycles. The van der Waals surface area contributed by atoms with Gasteiger partial charge in [-0.1, -0.05) is 17.3 Å². The van der Waals surface area contributed by atoms with Crippen LogP contribution in [0.3, 0.4) is 0 Å². The predicted octanol–water partition coefficient (Wildman–Crippen LogP) is 3.93. The molecule has 0 saturated carbocycles. The highest BCUT2D eigenvalue weighted by atomic mass is 19.1. The first-order chi connectivity index (χ1) is 13.0. The molecule has 27 heavy (non-hydrogen) atoms. The van der Waals surface area contributed by atoms with E-state index in [2.05, 4.69) is 11.7 Å². The van der Waals surface area contributed by atoms with Crippen LogP contribution in [0, 0.1) is 17.5 Å². The molecule has 0 aliphatic carbocycles. The second kappa shape index (κ2) is 8.07. The molecule has 0 unspecified atom stereocenters. The quantitative estimate of drug-likeness (QED) is 0.719. The van der Waals surface area contributed by atoms with Gasteiger partial charge in [-0.25, -0.2) is 13.2 Å². The van der Waals surface area contributed by atoms with Crippen molar-refractivity contribution in [1.82, 2.24) is 4.90 Å². The van der Waals surface area contributed by atoms with Gasteiger partial charge in [0.1, 0.15) is 17.5 Å². The molecule has 2 aromatic carbocycles. The molecule has 0 N–H and O–H groups in total. The van der Waals surface area contributed by atoms with Crippen molar-refractivity contribution in [2.24, 2.45) is 5.16 Å². The minimum absolute atomic E-state index is 0.158. The van der Waals surface area contributed by atoms with Gasteiger partial charge in [0, 0.05) is 30.2 Å². The maximum atomic E-state index is 13.9. The van der Waals surface area contributed by atoms with E-state index in [9.17, 15) is 18.0 Å². The second-order valence-electron chi connectivity index (χ2n) is 6.10. The van der Waals surface area contributed by atoms with Crippen LogP contribution in [0.2, 0.25) is 0 Å². The standard InChI is InChI=1S/C20H17F3N2O2/c1-2-8-25(20(26)13-4-3-5-14(21)9-13)12-16-11-19(24-27-16)17-7-6-15(22)10-18(17)23/h2-7,9-10,16H,1,8,11-12H2/t16-/m1/s1. The number of rotatable bonds is 6. The van der Waals surface area contributed by atoms with Crippen molar-refractivity contribution in [2.45, 2.75) is 12.5 Å². The number of amides is 1. The van der Waals surface area contributed by atoms with Crippen molar-refractivity contribution in [3.8, 4) is 0 Å². The molecule has 1 aliphatic heterocycles. The Balaban J connectivity index is 1.69. The van der Waals surface area contributed by atoms with Gasteiger partial charge in [-0.3, -0.25) is 4.79 Å². The topological polar surface area (TPSA) is 41.9 Å². The number of benzene rings is 2. The average molecular weight is 374 g/mol. The third-order valence-electron chi connectivity index (χ3n) is 4.11. The maximum absolute atomic E-state index is 13.9. The van der Waals surface area contributed by atoms with Crippen LogP contribution in [0.4, 0.5) is 13.2 Å². The smallest absolute Gasteiger partial charge is 0.254 e. The molecule has 0 fully saturated rings. The van der Waals surface area contributed by atoms with Gasteiger partial charge < -0.3 is 9.74 Å². The highest BCUT2D eigenvalue weighted by molar-refractivity contribution is 6.01. The van der Waals surface area contributed by atoms with Crippen molar-refractivity contribution >= 4 is 11.6 Å². The van der Waals surface area contributed by atoms with E-state index in [-0.39, 0.29) is 36.5 Å². The summed E-state index contributed by atoms with van der Waals surface area (Å²) in [5.74, 6) is -2.28. The van der Waals surface area contributed by atoms with E-state index < -0.39 is 23.6 Å². The molecule has 0 bridgehead atoms. The summed E-state index contributed by atoms with van der Waals surface area (Å²) in [6.45, 7) is 4.02. The third-order valence-corrected chi connectivity index (χ3v) is 4.11. The van der Waals surface area contributed by atoms with Crippen LogP contribution in [0.5, 0.6) is 0 Å². The number of hydrogen-bond donors (Lipinski definition) is 0. The summed E-state index contributed by atoms with van der Waals surface area (Å²) in [7, 11) is 0. The molecule has 0 saturated heterocycles. The van der Waals surface area contributed by atoms with Gasteiger partial charge in [0.2, 0.25) is 0 Å². The lowest BCUT2D eigenvalue weighted by Gasteiger charge is -2.23. The van der Waals surface area contributed by atoms with Crippen molar-refractivity contribution in [3.63, 3.8) is 0 Å². The number of carbonyl (C=O) groups excluding carboxylic acids is 1. The van der Waals surface area contributed by atoms with Gasteiger partial charge in [0.15, 0.2) is 6.10 Å². The molecule has 1 amide bonds. The Bertz CT molecular complexity index is 899. The Morgan fingerprint density at radius 1 is 1.22 bits per heavy atom. The summed E-state index contributed by atoms with van der Waals surface area (Å²) in [6, 6.07) is 8.62. The van der Waals surface area contributed by atoms with Crippen LogP contribution in [-0.2, 0) is 4.84 Å². The first-order valence-corrected chi connectivity index (χ1v) is 8.31. The summed E-state index contributed by atoms with van der Waals surface area (Å²) in [4.78, 5) is 19.4. The minimum Gasteiger partial charge on any atom is -0.390 e. The fraction of sp³-hybridized carbons (Fsp3) is 0.200. The van der Waals surface area contributed by atoms with Crippen LogP contribution < -0.4 is 0 Å². The number of nitrogens with zero attached hydrogens (tertiary/aromatic N) is 2. The lowest BCUT2D eigenvalue weighted by molar-refractivity contribution is 0.0449.